The van der Waals surface area contributed by atoms with Crippen LogP contribution in [-0.2, 0) is 0 Å². The first-order chi connectivity index (χ1) is 10.7. The van der Waals surface area contributed by atoms with Crippen molar-refractivity contribution in [2.75, 3.05) is 32.8 Å². The summed E-state index contributed by atoms with van der Waals surface area (Å²) in [6.07, 6.45) is 3.05. The highest BCUT2D eigenvalue weighted by Crippen LogP contribution is 2.31. The first-order valence-corrected chi connectivity index (χ1v) is 8.05. The molecular weight excluding hydrogens is 316 g/mol. The number of rotatable bonds is 3. The molecule has 1 aromatic rings. The van der Waals surface area contributed by atoms with Crippen LogP contribution in [0.15, 0.2) is 18.2 Å². The van der Waals surface area contributed by atoms with Gasteiger partial charge in [0.15, 0.2) is 11.5 Å². The molecular formula is C17H25ClN2O3. The fraction of sp³-hybridized carbons (Fsp3) is 0.588. The molecule has 2 N–H and O–H groups in total. The second kappa shape index (κ2) is 7.88. The summed E-state index contributed by atoms with van der Waals surface area (Å²) < 4.78 is 11.2. The Bertz CT molecular complexity index is 545. The number of piperidine rings is 1. The van der Waals surface area contributed by atoms with E-state index in [2.05, 4.69) is 17.6 Å². The molecule has 0 bridgehead atoms. The van der Waals surface area contributed by atoms with Gasteiger partial charge in [0, 0.05) is 18.5 Å². The average molecular weight is 341 g/mol. The quantitative estimate of drug-likeness (QED) is 0.887. The normalized spacial score (nSPS) is 19.2. The van der Waals surface area contributed by atoms with Gasteiger partial charge < -0.3 is 20.1 Å². The summed E-state index contributed by atoms with van der Waals surface area (Å²) in [5.74, 6) is 1.34. The molecule has 0 saturated carbocycles. The van der Waals surface area contributed by atoms with E-state index >= 15 is 0 Å². The maximum Gasteiger partial charge on any atom is 0.251 e. The Morgan fingerprint density at radius 2 is 1.91 bits per heavy atom. The van der Waals surface area contributed by atoms with E-state index in [9.17, 15) is 4.79 Å². The number of hydrogen-bond donors (Lipinski definition) is 2. The maximum atomic E-state index is 12.4. The molecule has 2 aliphatic heterocycles. The third-order valence-electron chi connectivity index (χ3n) is 4.50. The molecule has 23 heavy (non-hydrogen) atoms. The third-order valence-corrected chi connectivity index (χ3v) is 4.50. The van der Waals surface area contributed by atoms with Crippen LogP contribution in [0.1, 0.15) is 36.5 Å². The number of benzene rings is 1. The van der Waals surface area contributed by atoms with Crippen LogP contribution >= 0.6 is 12.4 Å². The molecule has 0 atom stereocenters. The molecule has 0 spiro atoms. The lowest BCUT2D eigenvalue weighted by Crippen LogP contribution is -2.42. The summed E-state index contributed by atoms with van der Waals surface area (Å²) in [5, 5.41) is 6.42. The van der Waals surface area contributed by atoms with E-state index in [1.165, 1.54) is 0 Å². The minimum atomic E-state index is -0.0459. The van der Waals surface area contributed by atoms with E-state index in [-0.39, 0.29) is 23.7 Å². The average Bonchev–Trinajstić information content (AvgIpc) is 2.78. The van der Waals surface area contributed by atoms with Crippen LogP contribution < -0.4 is 20.1 Å². The summed E-state index contributed by atoms with van der Waals surface area (Å²) in [6, 6.07) is 5.40. The van der Waals surface area contributed by atoms with Crippen molar-refractivity contribution in [2.45, 2.75) is 26.2 Å². The molecule has 0 aromatic heterocycles. The molecule has 1 amide bonds. The van der Waals surface area contributed by atoms with Gasteiger partial charge in [-0.15, -0.1) is 12.4 Å². The van der Waals surface area contributed by atoms with Gasteiger partial charge >= 0.3 is 0 Å². The van der Waals surface area contributed by atoms with Gasteiger partial charge in [-0.05, 0) is 49.5 Å². The Hall–Kier alpha value is -1.46. The van der Waals surface area contributed by atoms with Crippen molar-refractivity contribution >= 4 is 18.3 Å². The number of carbonyl (C=O) groups is 1. The third kappa shape index (κ3) is 4.52. The minimum absolute atomic E-state index is 0. The number of ether oxygens (including phenoxy) is 2. The van der Waals surface area contributed by atoms with Crippen molar-refractivity contribution in [1.29, 1.82) is 0 Å². The fourth-order valence-corrected chi connectivity index (χ4v) is 2.91. The molecule has 0 aliphatic carbocycles. The first-order valence-electron chi connectivity index (χ1n) is 8.05. The van der Waals surface area contributed by atoms with Crippen molar-refractivity contribution in [3.63, 3.8) is 0 Å². The van der Waals surface area contributed by atoms with Gasteiger partial charge in [-0.3, -0.25) is 4.79 Å². The summed E-state index contributed by atoms with van der Waals surface area (Å²) in [5.41, 5.74) is 0.813. The highest BCUT2D eigenvalue weighted by Gasteiger charge is 2.27. The smallest absolute Gasteiger partial charge is 0.251 e. The number of nitrogens with one attached hydrogen (secondary N) is 2. The topological polar surface area (TPSA) is 59.6 Å². The number of halogens is 1. The number of hydrogen-bond acceptors (Lipinski definition) is 4. The lowest BCUT2D eigenvalue weighted by Gasteiger charge is -2.34. The molecule has 2 heterocycles. The second-order valence-electron chi connectivity index (χ2n) is 6.46. The van der Waals surface area contributed by atoms with Crippen molar-refractivity contribution in [3.8, 4) is 11.5 Å². The molecule has 3 rings (SSSR count). The van der Waals surface area contributed by atoms with Crippen LogP contribution in [0.4, 0.5) is 0 Å². The zero-order valence-electron chi connectivity index (χ0n) is 13.5. The first kappa shape index (κ1) is 17.9. The van der Waals surface area contributed by atoms with Crippen LogP contribution in [0.5, 0.6) is 11.5 Å². The molecule has 5 nitrogen and oxygen atoms in total. The van der Waals surface area contributed by atoms with Crippen molar-refractivity contribution in [1.82, 2.24) is 10.6 Å². The second-order valence-corrected chi connectivity index (χ2v) is 6.46. The van der Waals surface area contributed by atoms with Crippen molar-refractivity contribution < 1.29 is 14.3 Å². The van der Waals surface area contributed by atoms with E-state index < -0.39 is 0 Å². The highest BCUT2D eigenvalue weighted by atomic mass is 35.5. The van der Waals surface area contributed by atoms with Gasteiger partial charge in [0.05, 0.1) is 13.2 Å². The molecule has 1 aromatic carbocycles. The molecule has 128 valence electrons. The van der Waals surface area contributed by atoms with E-state index in [0.717, 1.165) is 38.1 Å². The van der Waals surface area contributed by atoms with Crippen LogP contribution in [0.25, 0.3) is 0 Å². The van der Waals surface area contributed by atoms with E-state index in [0.29, 0.717) is 31.1 Å². The molecule has 0 unspecified atom stereocenters. The predicted molar refractivity (Wildman–Crippen MR) is 91.8 cm³/mol. The summed E-state index contributed by atoms with van der Waals surface area (Å²) in [6.45, 7) is 6.28. The largest absolute Gasteiger partial charge is 0.490 e. The lowest BCUT2D eigenvalue weighted by atomic mass is 9.81. The number of amides is 1. The van der Waals surface area contributed by atoms with Gasteiger partial charge in [-0.2, -0.15) is 0 Å². The summed E-state index contributed by atoms with van der Waals surface area (Å²) in [7, 11) is 0. The summed E-state index contributed by atoms with van der Waals surface area (Å²) >= 11 is 0. The van der Waals surface area contributed by atoms with E-state index in [1.807, 2.05) is 6.07 Å². The van der Waals surface area contributed by atoms with Crippen LogP contribution in [-0.4, -0.2) is 38.8 Å². The molecule has 1 saturated heterocycles. The van der Waals surface area contributed by atoms with E-state index in [4.69, 9.17) is 9.47 Å². The Morgan fingerprint density at radius 3 is 2.65 bits per heavy atom. The Labute approximate surface area is 143 Å². The van der Waals surface area contributed by atoms with Crippen molar-refractivity contribution in [2.24, 2.45) is 5.41 Å². The van der Waals surface area contributed by atoms with Gasteiger partial charge in [-0.25, -0.2) is 0 Å². The van der Waals surface area contributed by atoms with Crippen LogP contribution in [0.3, 0.4) is 0 Å². The fourth-order valence-electron chi connectivity index (χ4n) is 2.91. The standard InChI is InChI=1S/C17H24N2O3.ClH/c1-17(5-7-18-8-6-17)12-19-16(20)13-3-4-14-15(11-13)22-10-2-9-21-14;/h3-4,11,18H,2,5-10,12H2,1H3,(H,19,20);1H. The predicted octanol–water partition coefficient (Wildman–Crippen LogP) is 2.39. The van der Waals surface area contributed by atoms with Gasteiger partial charge in [-0.1, -0.05) is 6.92 Å². The van der Waals surface area contributed by atoms with E-state index in [1.54, 1.807) is 12.1 Å². The monoisotopic (exact) mass is 340 g/mol. The maximum absolute atomic E-state index is 12.4. The van der Waals surface area contributed by atoms with Crippen LogP contribution in [0, 0.1) is 5.41 Å². The Kier molecular flexibility index (Phi) is 6.13. The lowest BCUT2D eigenvalue weighted by molar-refractivity contribution is 0.0922. The van der Waals surface area contributed by atoms with Gasteiger partial charge in [0.1, 0.15) is 0 Å². The minimum Gasteiger partial charge on any atom is -0.490 e. The van der Waals surface area contributed by atoms with Gasteiger partial charge in [0.25, 0.3) is 5.91 Å². The molecule has 2 aliphatic rings. The summed E-state index contributed by atoms with van der Waals surface area (Å²) in [4.78, 5) is 12.4. The number of carbonyl (C=O) groups excluding carboxylic acids is 1. The molecule has 0 radical (unpaired) electrons. The van der Waals surface area contributed by atoms with Gasteiger partial charge in [0.2, 0.25) is 0 Å². The zero-order valence-corrected chi connectivity index (χ0v) is 14.3. The van der Waals surface area contributed by atoms with Crippen molar-refractivity contribution in [3.05, 3.63) is 23.8 Å². The van der Waals surface area contributed by atoms with Crippen LogP contribution in [0.2, 0.25) is 0 Å². The molecule has 1 fully saturated rings. The Balaban J connectivity index is 0.00000192. The highest BCUT2D eigenvalue weighted by molar-refractivity contribution is 5.94. The zero-order chi connectivity index (χ0) is 15.4. The Morgan fingerprint density at radius 1 is 1.22 bits per heavy atom. The molecule has 6 heteroatoms. The number of fused-ring (bicyclic) bond motifs is 1. The SMILES string of the molecule is CC1(CNC(=O)c2ccc3c(c2)OCCCO3)CCNCC1.Cl.